The van der Waals surface area contributed by atoms with Crippen LogP contribution in [0.3, 0.4) is 0 Å². The molecule has 2 rings (SSSR count). The fourth-order valence-electron chi connectivity index (χ4n) is 2.04. The molecule has 1 aliphatic heterocycles. The van der Waals surface area contributed by atoms with Gasteiger partial charge >= 0.3 is 0 Å². The van der Waals surface area contributed by atoms with Gasteiger partial charge in [0, 0.05) is 25.2 Å². The highest BCUT2D eigenvalue weighted by molar-refractivity contribution is 5.03. The Bertz CT molecular complexity index is 149. The summed E-state index contributed by atoms with van der Waals surface area (Å²) in [6.07, 6.45) is 3.62. The summed E-state index contributed by atoms with van der Waals surface area (Å²) in [4.78, 5) is 2.47. The van der Waals surface area contributed by atoms with Gasteiger partial charge in [-0.25, -0.2) is 0 Å². The highest BCUT2D eigenvalue weighted by Gasteiger charge is 2.46. The number of hydrogen-bond acceptors (Lipinski definition) is 3. The first kappa shape index (κ1) is 8.48. The Morgan fingerprint density at radius 2 is 2.08 bits per heavy atom. The molecule has 0 bridgehead atoms. The molecule has 0 aromatic rings. The molecule has 2 fully saturated rings. The molecule has 0 unspecified atom stereocenters. The standard InChI is InChI=1S/C9H18N2O/c12-8-9(2-3-9)11-6-1-4-10-5-7-11/h10,12H,1-8H2. The summed E-state index contributed by atoms with van der Waals surface area (Å²) in [5.74, 6) is 0. The molecule has 2 aliphatic rings. The van der Waals surface area contributed by atoms with E-state index < -0.39 is 0 Å². The Hall–Kier alpha value is -0.120. The second-order valence-corrected chi connectivity index (χ2v) is 3.97. The minimum atomic E-state index is 0.200. The van der Waals surface area contributed by atoms with Gasteiger partial charge < -0.3 is 10.4 Å². The van der Waals surface area contributed by atoms with Gasteiger partial charge in [-0.05, 0) is 25.8 Å². The van der Waals surface area contributed by atoms with Crippen molar-refractivity contribution in [3.8, 4) is 0 Å². The first-order valence-electron chi connectivity index (χ1n) is 4.94. The number of aliphatic hydroxyl groups excluding tert-OH is 1. The minimum Gasteiger partial charge on any atom is -0.394 e. The molecule has 3 nitrogen and oxygen atoms in total. The summed E-state index contributed by atoms with van der Waals surface area (Å²) in [6.45, 7) is 4.85. The van der Waals surface area contributed by atoms with Crippen LogP contribution >= 0.6 is 0 Å². The second-order valence-electron chi connectivity index (χ2n) is 3.97. The van der Waals surface area contributed by atoms with Gasteiger partial charge in [0.15, 0.2) is 0 Å². The third-order valence-electron chi connectivity index (χ3n) is 3.13. The Labute approximate surface area is 73.8 Å². The zero-order chi connectivity index (χ0) is 8.44. The van der Waals surface area contributed by atoms with E-state index in [0.717, 1.165) is 26.2 Å². The fraction of sp³-hybridized carbons (Fsp3) is 1.00. The van der Waals surface area contributed by atoms with E-state index in [4.69, 9.17) is 0 Å². The SMILES string of the molecule is OCC1(N2CCCNCC2)CC1. The van der Waals surface area contributed by atoms with E-state index in [1.807, 2.05) is 0 Å². The molecule has 1 heterocycles. The van der Waals surface area contributed by atoms with E-state index in [1.165, 1.54) is 19.3 Å². The van der Waals surface area contributed by atoms with E-state index in [2.05, 4.69) is 10.2 Å². The van der Waals surface area contributed by atoms with Crippen molar-refractivity contribution in [2.45, 2.75) is 24.8 Å². The van der Waals surface area contributed by atoms with E-state index in [-0.39, 0.29) is 5.54 Å². The second kappa shape index (κ2) is 3.32. The molecule has 0 aromatic heterocycles. The number of nitrogens with one attached hydrogen (secondary N) is 1. The molecule has 2 N–H and O–H groups in total. The topological polar surface area (TPSA) is 35.5 Å². The maximum atomic E-state index is 9.24. The van der Waals surface area contributed by atoms with Crippen LogP contribution in [0.2, 0.25) is 0 Å². The van der Waals surface area contributed by atoms with Crippen LogP contribution in [0.5, 0.6) is 0 Å². The quantitative estimate of drug-likeness (QED) is 0.603. The van der Waals surface area contributed by atoms with Crippen molar-refractivity contribution in [3.63, 3.8) is 0 Å². The third-order valence-corrected chi connectivity index (χ3v) is 3.13. The van der Waals surface area contributed by atoms with Gasteiger partial charge in [0.2, 0.25) is 0 Å². The van der Waals surface area contributed by atoms with Gasteiger partial charge in [-0.2, -0.15) is 0 Å². The van der Waals surface area contributed by atoms with Crippen LogP contribution < -0.4 is 5.32 Å². The molecular formula is C9H18N2O. The number of aliphatic hydroxyl groups is 1. The van der Waals surface area contributed by atoms with Gasteiger partial charge in [0.25, 0.3) is 0 Å². The first-order valence-corrected chi connectivity index (χ1v) is 4.94. The van der Waals surface area contributed by atoms with Crippen LogP contribution in [0.4, 0.5) is 0 Å². The van der Waals surface area contributed by atoms with Crippen molar-refractivity contribution in [1.82, 2.24) is 10.2 Å². The van der Waals surface area contributed by atoms with Gasteiger partial charge in [0.1, 0.15) is 0 Å². The predicted molar refractivity (Wildman–Crippen MR) is 48.1 cm³/mol. The summed E-state index contributed by atoms with van der Waals surface area (Å²) in [7, 11) is 0. The van der Waals surface area contributed by atoms with Crippen LogP contribution in [0.15, 0.2) is 0 Å². The maximum Gasteiger partial charge on any atom is 0.0615 e. The van der Waals surface area contributed by atoms with Crippen LogP contribution in [-0.4, -0.2) is 48.3 Å². The lowest BCUT2D eigenvalue weighted by Crippen LogP contribution is -2.42. The van der Waals surface area contributed by atoms with Crippen molar-refractivity contribution in [3.05, 3.63) is 0 Å². The average Bonchev–Trinajstić information content (AvgIpc) is 2.90. The maximum absolute atomic E-state index is 9.24. The van der Waals surface area contributed by atoms with E-state index >= 15 is 0 Å². The van der Waals surface area contributed by atoms with Gasteiger partial charge in [-0.15, -0.1) is 0 Å². The summed E-state index contributed by atoms with van der Waals surface area (Å²) < 4.78 is 0. The Morgan fingerprint density at radius 1 is 1.25 bits per heavy atom. The molecule has 1 aliphatic carbocycles. The summed E-state index contributed by atoms with van der Waals surface area (Å²) >= 11 is 0. The normalized spacial score (nSPS) is 29.8. The van der Waals surface area contributed by atoms with Gasteiger partial charge in [0.05, 0.1) is 6.61 Å². The Morgan fingerprint density at radius 3 is 2.75 bits per heavy atom. The molecule has 0 radical (unpaired) electrons. The smallest absolute Gasteiger partial charge is 0.0615 e. The fourth-order valence-corrected chi connectivity index (χ4v) is 2.04. The van der Waals surface area contributed by atoms with E-state index in [9.17, 15) is 5.11 Å². The lowest BCUT2D eigenvalue weighted by atomic mass is 10.2. The van der Waals surface area contributed by atoms with Crippen molar-refractivity contribution in [2.24, 2.45) is 0 Å². The summed E-state index contributed by atoms with van der Waals surface area (Å²) in [5.41, 5.74) is 0.200. The van der Waals surface area contributed by atoms with Crippen LogP contribution in [0.25, 0.3) is 0 Å². The van der Waals surface area contributed by atoms with E-state index in [0.29, 0.717) is 6.61 Å². The van der Waals surface area contributed by atoms with Crippen molar-refractivity contribution in [1.29, 1.82) is 0 Å². The zero-order valence-corrected chi connectivity index (χ0v) is 7.55. The molecule has 1 saturated carbocycles. The van der Waals surface area contributed by atoms with Crippen molar-refractivity contribution in [2.75, 3.05) is 32.8 Å². The van der Waals surface area contributed by atoms with Gasteiger partial charge in [-0.3, -0.25) is 4.90 Å². The monoisotopic (exact) mass is 170 g/mol. The molecule has 0 aromatic carbocycles. The predicted octanol–water partition coefficient (Wildman–Crippen LogP) is -0.193. The summed E-state index contributed by atoms with van der Waals surface area (Å²) in [6, 6.07) is 0. The molecule has 70 valence electrons. The minimum absolute atomic E-state index is 0.200. The summed E-state index contributed by atoms with van der Waals surface area (Å²) in [5, 5.41) is 12.6. The van der Waals surface area contributed by atoms with Crippen LogP contribution in [0.1, 0.15) is 19.3 Å². The van der Waals surface area contributed by atoms with Gasteiger partial charge in [-0.1, -0.05) is 0 Å². The Kier molecular flexibility index (Phi) is 2.35. The molecule has 1 saturated heterocycles. The highest BCUT2D eigenvalue weighted by atomic mass is 16.3. The Balaban J connectivity index is 1.92. The van der Waals surface area contributed by atoms with Crippen LogP contribution in [-0.2, 0) is 0 Å². The van der Waals surface area contributed by atoms with E-state index in [1.54, 1.807) is 0 Å². The highest BCUT2D eigenvalue weighted by Crippen LogP contribution is 2.41. The van der Waals surface area contributed by atoms with Crippen LogP contribution in [0, 0.1) is 0 Å². The lowest BCUT2D eigenvalue weighted by molar-refractivity contribution is 0.111. The lowest BCUT2D eigenvalue weighted by Gasteiger charge is -2.28. The van der Waals surface area contributed by atoms with Crippen molar-refractivity contribution >= 4 is 0 Å². The molecular weight excluding hydrogens is 152 g/mol. The molecule has 0 spiro atoms. The number of hydrogen-bond donors (Lipinski definition) is 2. The first-order chi connectivity index (χ1) is 5.87. The molecule has 0 amide bonds. The molecule has 12 heavy (non-hydrogen) atoms. The van der Waals surface area contributed by atoms with Crippen molar-refractivity contribution < 1.29 is 5.11 Å². The molecule has 3 heteroatoms. The zero-order valence-electron chi connectivity index (χ0n) is 7.55. The number of nitrogens with zero attached hydrogens (tertiary/aromatic N) is 1. The average molecular weight is 170 g/mol. The number of rotatable bonds is 2. The third kappa shape index (κ3) is 1.49. The largest absolute Gasteiger partial charge is 0.394 e. The molecule has 0 atom stereocenters.